The molecule has 0 aliphatic carbocycles. The van der Waals surface area contributed by atoms with Gasteiger partial charge in [-0.05, 0) is 25.1 Å². The normalized spacial score (nSPS) is 18.2. The maximum atomic E-state index is 12.5. The average molecular weight is 319 g/mol. The van der Waals surface area contributed by atoms with Crippen LogP contribution >= 0.6 is 0 Å². The zero-order chi connectivity index (χ0) is 16.4. The molecule has 1 aliphatic rings. The largest absolute Gasteiger partial charge is 0.435 e. The van der Waals surface area contributed by atoms with Crippen LogP contribution in [0.1, 0.15) is 12.5 Å². The molecule has 1 aromatic carbocycles. The fraction of sp³-hybridized carbons (Fsp3) is 0.375. The minimum Gasteiger partial charge on any atom is -0.435 e. The highest BCUT2D eigenvalue weighted by molar-refractivity contribution is 5.95. The van der Waals surface area contributed by atoms with Crippen LogP contribution in [0.3, 0.4) is 0 Å². The van der Waals surface area contributed by atoms with Gasteiger partial charge in [-0.15, -0.1) is 0 Å². The summed E-state index contributed by atoms with van der Waals surface area (Å²) in [5.41, 5.74) is 1.72. The van der Waals surface area contributed by atoms with E-state index in [1.165, 1.54) is 18.3 Å². The topological polar surface area (TPSA) is 58.4 Å². The highest BCUT2D eigenvalue weighted by atomic mass is 19.3. The Hall–Kier alpha value is -2.46. The summed E-state index contributed by atoms with van der Waals surface area (Å²) in [6.07, 6.45) is 1.53. The first-order valence-electron chi connectivity index (χ1n) is 7.22. The van der Waals surface area contributed by atoms with Crippen molar-refractivity contribution in [2.75, 3.05) is 24.6 Å². The van der Waals surface area contributed by atoms with Gasteiger partial charge in [0.15, 0.2) is 0 Å². The number of hydrogen-bond acceptors (Lipinski definition) is 5. The average Bonchev–Trinajstić information content (AvgIpc) is 2.53. The molecule has 1 atom stereocenters. The van der Waals surface area contributed by atoms with Crippen molar-refractivity contribution in [3.63, 3.8) is 0 Å². The fourth-order valence-electron chi connectivity index (χ4n) is 2.78. The Kier molecular flexibility index (Phi) is 4.26. The van der Waals surface area contributed by atoms with Crippen LogP contribution < -0.4 is 9.64 Å². The first kappa shape index (κ1) is 15.4. The molecule has 0 spiro atoms. The summed E-state index contributed by atoms with van der Waals surface area (Å²) in [5, 5.41) is 10.0. The van der Waals surface area contributed by atoms with E-state index in [1.54, 1.807) is 6.07 Å². The maximum Gasteiger partial charge on any atom is 0.387 e. The fourth-order valence-corrected chi connectivity index (χ4v) is 2.78. The summed E-state index contributed by atoms with van der Waals surface area (Å²) in [6, 6.07) is 6.69. The minimum atomic E-state index is -2.90. The molecule has 1 aliphatic heterocycles. The quantitative estimate of drug-likeness (QED) is 0.870. The Balaban J connectivity index is 2.13. The van der Waals surface area contributed by atoms with E-state index in [1.807, 2.05) is 11.8 Å². The number of rotatable bonds is 3. The zero-order valence-electron chi connectivity index (χ0n) is 12.5. The van der Waals surface area contributed by atoms with Gasteiger partial charge in [0, 0.05) is 24.7 Å². The lowest BCUT2D eigenvalue weighted by Crippen LogP contribution is -2.41. The molecule has 2 aromatic rings. The lowest BCUT2D eigenvalue weighted by Gasteiger charge is -2.34. The van der Waals surface area contributed by atoms with Gasteiger partial charge in [0.05, 0.1) is 29.5 Å². The van der Waals surface area contributed by atoms with Gasteiger partial charge in [-0.3, -0.25) is 4.98 Å². The molecule has 0 radical (unpaired) electrons. The first-order chi connectivity index (χ1) is 11.1. The van der Waals surface area contributed by atoms with Crippen LogP contribution in [-0.2, 0) is 4.74 Å². The van der Waals surface area contributed by atoms with Gasteiger partial charge >= 0.3 is 6.61 Å². The molecule has 1 fully saturated rings. The van der Waals surface area contributed by atoms with Crippen molar-refractivity contribution in [3.8, 4) is 11.8 Å². The summed E-state index contributed by atoms with van der Waals surface area (Å²) < 4.78 is 34.9. The molecule has 0 amide bonds. The van der Waals surface area contributed by atoms with Crippen LogP contribution in [0.25, 0.3) is 10.9 Å². The number of fused-ring (bicyclic) bond motifs is 1. The number of nitrogens with zero attached hydrogens (tertiary/aromatic N) is 3. The predicted octanol–water partition coefficient (Wildman–Crippen LogP) is 2.93. The van der Waals surface area contributed by atoms with Crippen molar-refractivity contribution in [2.45, 2.75) is 19.6 Å². The number of benzene rings is 1. The maximum absolute atomic E-state index is 12.5. The van der Waals surface area contributed by atoms with Gasteiger partial charge in [0.25, 0.3) is 0 Å². The molecular weight excluding hydrogens is 304 g/mol. The number of halogens is 2. The van der Waals surface area contributed by atoms with Gasteiger partial charge in [0.1, 0.15) is 11.8 Å². The molecule has 5 nitrogen and oxygen atoms in total. The monoisotopic (exact) mass is 319 g/mol. The summed E-state index contributed by atoms with van der Waals surface area (Å²) in [7, 11) is 0. The van der Waals surface area contributed by atoms with Gasteiger partial charge < -0.3 is 14.4 Å². The van der Waals surface area contributed by atoms with Crippen molar-refractivity contribution < 1.29 is 18.3 Å². The molecule has 23 heavy (non-hydrogen) atoms. The highest BCUT2D eigenvalue weighted by Crippen LogP contribution is 2.33. The second-order valence-electron chi connectivity index (χ2n) is 5.32. The van der Waals surface area contributed by atoms with Crippen LogP contribution in [0.2, 0.25) is 0 Å². The zero-order valence-corrected chi connectivity index (χ0v) is 12.5. The van der Waals surface area contributed by atoms with E-state index < -0.39 is 6.61 Å². The Morgan fingerprint density at radius 2 is 2.30 bits per heavy atom. The van der Waals surface area contributed by atoms with E-state index >= 15 is 0 Å². The van der Waals surface area contributed by atoms with Crippen LogP contribution in [0.15, 0.2) is 24.4 Å². The van der Waals surface area contributed by atoms with E-state index in [0.29, 0.717) is 41.9 Å². The molecule has 7 heteroatoms. The number of ether oxygens (including phenoxy) is 2. The highest BCUT2D eigenvalue weighted by Gasteiger charge is 2.22. The van der Waals surface area contributed by atoms with Crippen molar-refractivity contribution in [1.29, 1.82) is 5.26 Å². The molecule has 1 saturated heterocycles. The number of morpholine rings is 1. The van der Waals surface area contributed by atoms with Crippen LogP contribution in [-0.4, -0.2) is 37.4 Å². The third kappa shape index (κ3) is 3.17. The summed E-state index contributed by atoms with van der Waals surface area (Å²) in [5.74, 6) is 0.0481. The van der Waals surface area contributed by atoms with Gasteiger partial charge in [-0.1, -0.05) is 0 Å². The molecule has 0 N–H and O–H groups in total. The molecule has 1 aromatic heterocycles. The van der Waals surface area contributed by atoms with Gasteiger partial charge in [-0.2, -0.15) is 14.0 Å². The molecule has 3 rings (SSSR count). The Labute approximate surface area is 132 Å². The second kappa shape index (κ2) is 6.34. The summed E-state index contributed by atoms with van der Waals surface area (Å²) in [4.78, 5) is 6.25. The van der Waals surface area contributed by atoms with E-state index in [4.69, 9.17) is 4.74 Å². The molecule has 2 heterocycles. The van der Waals surface area contributed by atoms with E-state index in [9.17, 15) is 14.0 Å². The Morgan fingerprint density at radius 3 is 3.00 bits per heavy atom. The number of aromatic nitrogens is 1. The lowest BCUT2D eigenvalue weighted by molar-refractivity contribution is -0.0497. The Bertz CT molecular complexity index is 761. The number of hydrogen-bond donors (Lipinski definition) is 0. The van der Waals surface area contributed by atoms with Gasteiger partial charge in [0.2, 0.25) is 0 Å². The van der Waals surface area contributed by atoms with E-state index in [-0.39, 0.29) is 11.9 Å². The van der Waals surface area contributed by atoms with Crippen molar-refractivity contribution >= 4 is 16.6 Å². The van der Waals surface area contributed by atoms with Crippen LogP contribution in [0.4, 0.5) is 14.5 Å². The van der Waals surface area contributed by atoms with E-state index in [2.05, 4.69) is 15.8 Å². The molecule has 0 unspecified atom stereocenters. The van der Waals surface area contributed by atoms with Crippen molar-refractivity contribution in [2.24, 2.45) is 0 Å². The third-order valence-corrected chi connectivity index (χ3v) is 3.71. The lowest BCUT2D eigenvalue weighted by atomic mass is 10.1. The predicted molar refractivity (Wildman–Crippen MR) is 80.7 cm³/mol. The number of pyridine rings is 1. The smallest absolute Gasteiger partial charge is 0.387 e. The SMILES string of the molecule is C[C@H]1CN(c2c(C#N)cnc3ccc(OC(F)F)cc23)CCO1. The molecule has 0 bridgehead atoms. The number of nitriles is 1. The first-order valence-corrected chi connectivity index (χ1v) is 7.22. The van der Waals surface area contributed by atoms with Crippen molar-refractivity contribution in [1.82, 2.24) is 4.98 Å². The molecular formula is C16H15F2N3O2. The van der Waals surface area contributed by atoms with Gasteiger partial charge in [-0.25, -0.2) is 0 Å². The van der Waals surface area contributed by atoms with Crippen molar-refractivity contribution in [3.05, 3.63) is 30.0 Å². The number of alkyl halides is 2. The molecule has 120 valence electrons. The minimum absolute atomic E-state index is 0.0269. The van der Waals surface area contributed by atoms with Crippen LogP contribution in [0.5, 0.6) is 5.75 Å². The standard InChI is InChI=1S/C16H15F2N3O2/c1-10-9-21(4-5-22-10)15-11(7-19)8-20-14-3-2-12(6-13(14)15)23-16(17)18/h2-3,6,8,10,16H,4-5,9H2,1H3/t10-/m0/s1. The summed E-state index contributed by atoms with van der Waals surface area (Å²) in [6.45, 7) is 0.841. The van der Waals surface area contributed by atoms with Crippen LogP contribution in [0, 0.1) is 11.3 Å². The third-order valence-electron chi connectivity index (χ3n) is 3.71. The Morgan fingerprint density at radius 1 is 1.48 bits per heavy atom. The molecule has 0 saturated carbocycles. The summed E-state index contributed by atoms with van der Waals surface area (Å²) >= 11 is 0. The second-order valence-corrected chi connectivity index (χ2v) is 5.32. The van der Waals surface area contributed by atoms with E-state index in [0.717, 1.165) is 0 Å². The number of anilines is 1.